The van der Waals surface area contributed by atoms with Crippen molar-refractivity contribution in [2.24, 2.45) is 5.92 Å². The predicted octanol–water partition coefficient (Wildman–Crippen LogP) is 1.58. The first-order valence-corrected chi connectivity index (χ1v) is 6.37. The first kappa shape index (κ1) is 13.4. The maximum Gasteiger partial charge on any atom is 0.308 e. The molecule has 0 aromatic heterocycles. The van der Waals surface area contributed by atoms with Crippen LogP contribution in [0.3, 0.4) is 0 Å². The molecule has 0 spiro atoms. The highest BCUT2D eigenvalue weighted by Gasteiger charge is 2.34. The largest absolute Gasteiger partial charge is 0.481 e. The third-order valence-corrected chi connectivity index (χ3v) is 3.55. The van der Waals surface area contributed by atoms with E-state index in [0.29, 0.717) is 0 Å². The molecule has 1 aliphatic heterocycles. The number of carboxylic acid groups (broad SMARTS) is 1. The molecule has 5 nitrogen and oxygen atoms in total. The maximum atomic E-state index is 11.8. The average Bonchev–Trinajstić information content (AvgIpc) is 2.80. The van der Waals surface area contributed by atoms with Crippen LogP contribution in [0.25, 0.3) is 0 Å². The Bertz CT molecular complexity index is 484. The van der Waals surface area contributed by atoms with Crippen LogP contribution in [-0.4, -0.2) is 37.1 Å². The van der Waals surface area contributed by atoms with E-state index in [1.54, 1.807) is 4.90 Å². The summed E-state index contributed by atoms with van der Waals surface area (Å²) < 4.78 is 0. The number of benzene rings is 1. The van der Waals surface area contributed by atoms with Crippen molar-refractivity contribution in [1.82, 2.24) is 0 Å². The van der Waals surface area contributed by atoms with Crippen molar-refractivity contribution in [2.45, 2.75) is 13.3 Å². The number of amides is 1. The monoisotopic (exact) mass is 262 g/mol. The normalized spacial score (nSPS) is 18.7. The molecule has 1 fully saturated rings. The number of aliphatic carboxylic acids is 1. The fraction of sp³-hybridized carbons (Fsp3) is 0.429. The highest BCUT2D eigenvalue weighted by Crippen LogP contribution is 2.27. The van der Waals surface area contributed by atoms with Gasteiger partial charge in [0.05, 0.1) is 5.92 Å². The molecule has 1 aromatic rings. The first-order chi connectivity index (χ1) is 9.02. The van der Waals surface area contributed by atoms with Crippen molar-refractivity contribution in [2.75, 3.05) is 29.9 Å². The van der Waals surface area contributed by atoms with Gasteiger partial charge in [0.1, 0.15) is 0 Å². The minimum atomic E-state index is -0.904. The number of hydrogen-bond donors (Lipinski definition) is 1. The molecule has 5 heteroatoms. The molecule has 1 amide bonds. The lowest BCUT2D eigenvalue weighted by Crippen LogP contribution is -2.25. The number of hydrogen-bond acceptors (Lipinski definition) is 3. The fourth-order valence-corrected chi connectivity index (χ4v) is 2.19. The lowest BCUT2D eigenvalue weighted by atomic mass is 10.1. The Morgan fingerprint density at radius 2 is 2.05 bits per heavy atom. The van der Waals surface area contributed by atoms with E-state index in [4.69, 9.17) is 5.11 Å². The summed E-state index contributed by atoms with van der Waals surface area (Å²) in [5.74, 6) is -1.62. The van der Waals surface area contributed by atoms with Crippen molar-refractivity contribution < 1.29 is 14.7 Å². The zero-order chi connectivity index (χ0) is 14.0. The summed E-state index contributed by atoms with van der Waals surface area (Å²) in [5, 5.41) is 8.96. The van der Waals surface area contributed by atoms with E-state index in [9.17, 15) is 9.59 Å². The van der Waals surface area contributed by atoms with Crippen molar-refractivity contribution in [3.8, 4) is 0 Å². The lowest BCUT2D eigenvalue weighted by Gasteiger charge is -2.20. The Morgan fingerprint density at radius 1 is 1.42 bits per heavy atom. The Morgan fingerprint density at radius 3 is 2.53 bits per heavy atom. The van der Waals surface area contributed by atoms with E-state index in [-0.39, 0.29) is 18.9 Å². The van der Waals surface area contributed by atoms with Crippen LogP contribution in [0.15, 0.2) is 24.3 Å². The second-order valence-corrected chi connectivity index (χ2v) is 4.77. The highest BCUT2D eigenvalue weighted by molar-refractivity contribution is 5.99. The molecule has 1 aliphatic rings. The minimum Gasteiger partial charge on any atom is -0.481 e. The second kappa shape index (κ2) is 5.30. The van der Waals surface area contributed by atoms with E-state index < -0.39 is 11.9 Å². The van der Waals surface area contributed by atoms with Crippen molar-refractivity contribution in [1.29, 1.82) is 0 Å². The van der Waals surface area contributed by atoms with Crippen LogP contribution in [0.5, 0.6) is 0 Å². The number of anilines is 2. The standard InChI is InChI=1S/C14H18N2O3/c1-3-15(2)11-4-6-12(7-5-11)16-9-10(14(18)19)8-13(16)17/h4-7,10H,3,8-9H2,1-2H3,(H,18,19). The molecule has 1 heterocycles. The van der Waals surface area contributed by atoms with Gasteiger partial charge in [-0.3, -0.25) is 9.59 Å². The van der Waals surface area contributed by atoms with Crippen LogP contribution in [0.2, 0.25) is 0 Å². The van der Waals surface area contributed by atoms with Crippen LogP contribution in [0.4, 0.5) is 11.4 Å². The number of carbonyl (C=O) groups is 2. The van der Waals surface area contributed by atoms with E-state index in [1.165, 1.54) is 0 Å². The molecule has 2 rings (SSSR count). The van der Waals surface area contributed by atoms with Gasteiger partial charge < -0.3 is 14.9 Å². The van der Waals surface area contributed by atoms with Gasteiger partial charge >= 0.3 is 5.97 Å². The van der Waals surface area contributed by atoms with Crippen LogP contribution < -0.4 is 9.80 Å². The molecule has 0 radical (unpaired) electrons. The van der Waals surface area contributed by atoms with Gasteiger partial charge in [0.15, 0.2) is 0 Å². The van der Waals surface area contributed by atoms with Crippen LogP contribution >= 0.6 is 0 Å². The molecular formula is C14H18N2O3. The predicted molar refractivity (Wildman–Crippen MR) is 73.5 cm³/mol. The molecular weight excluding hydrogens is 244 g/mol. The second-order valence-electron chi connectivity index (χ2n) is 4.77. The molecule has 0 aliphatic carbocycles. The quantitative estimate of drug-likeness (QED) is 0.895. The van der Waals surface area contributed by atoms with Crippen LogP contribution in [0.1, 0.15) is 13.3 Å². The molecule has 1 N–H and O–H groups in total. The Hall–Kier alpha value is -2.04. The van der Waals surface area contributed by atoms with E-state index >= 15 is 0 Å². The van der Waals surface area contributed by atoms with Crippen molar-refractivity contribution in [3.05, 3.63) is 24.3 Å². The van der Waals surface area contributed by atoms with Crippen molar-refractivity contribution in [3.63, 3.8) is 0 Å². The lowest BCUT2D eigenvalue weighted by molar-refractivity contribution is -0.141. The van der Waals surface area contributed by atoms with E-state index in [2.05, 4.69) is 11.8 Å². The number of carbonyl (C=O) groups excluding carboxylic acids is 1. The number of rotatable bonds is 4. The highest BCUT2D eigenvalue weighted by atomic mass is 16.4. The summed E-state index contributed by atoms with van der Waals surface area (Å²) in [4.78, 5) is 26.4. The molecule has 0 bridgehead atoms. The Kier molecular flexibility index (Phi) is 3.74. The number of nitrogens with zero attached hydrogens (tertiary/aromatic N) is 2. The summed E-state index contributed by atoms with van der Waals surface area (Å²) in [6, 6.07) is 7.62. The molecule has 1 aromatic carbocycles. The zero-order valence-electron chi connectivity index (χ0n) is 11.2. The minimum absolute atomic E-state index is 0.0892. The third kappa shape index (κ3) is 2.70. The molecule has 19 heavy (non-hydrogen) atoms. The van der Waals surface area contributed by atoms with Gasteiger partial charge in [-0.05, 0) is 31.2 Å². The van der Waals surface area contributed by atoms with E-state index in [0.717, 1.165) is 17.9 Å². The van der Waals surface area contributed by atoms with Gasteiger partial charge in [-0.25, -0.2) is 0 Å². The molecule has 1 saturated heterocycles. The van der Waals surface area contributed by atoms with Crippen LogP contribution in [0, 0.1) is 5.92 Å². The van der Waals surface area contributed by atoms with Gasteiger partial charge in [0.25, 0.3) is 0 Å². The smallest absolute Gasteiger partial charge is 0.308 e. The van der Waals surface area contributed by atoms with Crippen molar-refractivity contribution >= 4 is 23.3 Å². The molecule has 1 unspecified atom stereocenters. The SMILES string of the molecule is CCN(C)c1ccc(N2CC(C(=O)O)CC2=O)cc1. The maximum absolute atomic E-state index is 11.8. The topological polar surface area (TPSA) is 60.9 Å². The van der Waals surface area contributed by atoms with Gasteiger partial charge in [-0.15, -0.1) is 0 Å². The summed E-state index contributed by atoms with van der Waals surface area (Å²) in [6.07, 6.45) is 0.0892. The average molecular weight is 262 g/mol. The summed E-state index contributed by atoms with van der Waals surface area (Å²) in [6.45, 7) is 3.23. The Labute approximate surface area is 112 Å². The molecule has 1 atom stereocenters. The first-order valence-electron chi connectivity index (χ1n) is 6.37. The zero-order valence-corrected chi connectivity index (χ0v) is 11.2. The fourth-order valence-electron chi connectivity index (χ4n) is 2.19. The summed E-state index contributed by atoms with van der Waals surface area (Å²) in [7, 11) is 2.00. The van der Waals surface area contributed by atoms with Gasteiger partial charge in [0.2, 0.25) is 5.91 Å². The number of carboxylic acids is 1. The van der Waals surface area contributed by atoms with Gasteiger partial charge in [-0.1, -0.05) is 0 Å². The summed E-state index contributed by atoms with van der Waals surface area (Å²) in [5.41, 5.74) is 1.84. The Balaban J connectivity index is 2.14. The summed E-state index contributed by atoms with van der Waals surface area (Å²) >= 11 is 0. The van der Waals surface area contributed by atoms with Gasteiger partial charge in [-0.2, -0.15) is 0 Å². The van der Waals surface area contributed by atoms with E-state index in [1.807, 2.05) is 31.3 Å². The molecule has 102 valence electrons. The third-order valence-electron chi connectivity index (χ3n) is 3.55. The van der Waals surface area contributed by atoms with Gasteiger partial charge in [0, 0.05) is 37.9 Å². The van der Waals surface area contributed by atoms with Crippen LogP contribution in [-0.2, 0) is 9.59 Å². The molecule has 0 saturated carbocycles.